The lowest BCUT2D eigenvalue weighted by molar-refractivity contribution is -0.133. The fraction of sp³-hybridized carbons (Fsp3) is 0.316. The molecule has 0 radical (unpaired) electrons. The quantitative estimate of drug-likeness (QED) is 0.742. The number of amides is 2. The zero-order valence-electron chi connectivity index (χ0n) is 15.6. The Kier molecular flexibility index (Phi) is 5.76. The summed E-state index contributed by atoms with van der Waals surface area (Å²) in [5.74, 6) is -0.672. The molecule has 0 aliphatic carbocycles. The summed E-state index contributed by atoms with van der Waals surface area (Å²) in [7, 11) is -3.70. The van der Waals surface area contributed by atoms with Crippen molar-refractivity contribution in [1.29, 1.82) is 0 Å². The van der Waals surface area contributed by atoms with E-state index in [1.165, 1.54) is 4.31 Å². The maximum Gasteiger partial charge on any atom is 0.243 e. The molecular weight excluding hydrogens is 380 g/mol. The third-order valence-electron chi connectivity index (χ3n) is 4.77. The van der Waals surface area contributed by atoms with Gasteiger partial charge in [0, 0.05) is 48.8 Å². The van der Waals surface area contributed by atoms with E-state index in [2.05, 4.69) is 16.9 Å². The van der Waals surface area contributed by atoms with Gasteiger partial charge in [0.25, 0.3) is 0 Å². The first kappa shape index (κ1) is 20.0. The normalized spacial score (nSPS) is 15.4. The van der Waals surface area contributed by atoms with E-state index in [1.54, 1.807) is 29.3 Å². The molecule has 1 aliphatic heterocycles. The van der Waals surface area contributed by atoms with Gasteiger partial charge in [0.15, 0.2) is 0 Å². The number of hydrogen-bond donors (Lipinski definition) is 1. The number of benzene rings is 1. The van der Waals surface area contributed by atoms with Crippen LogP contribution in [0.15, 0.2) is 48.0 Å². The Hall–Kier alpha value is -2.78. The lowest BCUT2D eigenvalue weighted by atomic mass is 10.1. The highest BCUT2D eigenvalue weighted by Crippen LogP contribution is 2.27. The third-order valence-corrected chi connectivity index (χ3v) is 6.73. The van der Waals surface area contributed by atoms with Gasteiger partial charge in [-0.3, -0.25) is 14.6 Å². The number of rotatable bonds is 5. The summed E-state index contributed by atoms with van der Waals surface area (Å²) < 4.78 is 27.7. The third kappa shape index (κ3) is 3.90. The molecule has 1 aromatic heterocycles. The van der Waals surface area contributed by atoms with E-state index in [0.29, 0.717) is 5.39 Å². The molecule has 9 heteroatoms. The summed E-state index contributed by atoms with van der Waals surface area (Å²) in [6.07, 6.45) is 2.70. The van der Waals surface area contributed by atoms with Crippen molar-refractivity contribution in [3.05, 3.63) is 48.8 Å². The lowest BCUT2D eigenvalue weighted by Crippen LogP contribution is -2.52. The van der Waals surface area contributed by atoms with Crippen molar-refractivity contribution in [3.63, 3.8) is 0 Å². The number of carbonyl (C=O) groups is 2. The lowest BCUT2D eigenvalue weighted by Gasteiger charge is -2.34. The minimum atomic E-state index is -3.70. The molecule has 2 aromatic rings. The Morgan fingerprint density at radius 2 is 1.89 bits per heavy atom. The second-order valence-electron chi connectivity index (χ2n) is 6.45. The highest BCUT2D eigenvalue weighted by molar-refractivity contribution is 7.89. The first-order valence-electron chi connectivity index (χ1n) is 8.87. The Morgan fingerprint density at radius 3 is 2.57 bits per heavy atom. The summed E-state index contributed by atoms with van der Waals surface area (Å²) >= 11 is 0. The van der Waals surface area contributed by atoms with Crippen LogP contribution in [0.2, 0.25) is 0 Å². The smallest absolute Gasteiger partial charge is 0.243 e. The highest BCUT2D eigenvalue weighted by atomic mass is 32.2. The minimum Gasteiger partial charge on any atom is -0.343 e. The zero-order valence-corrected chi connectivity index (χ0v) is 16.4. The average molecular weight is 402 g/mol. The molecule has 28 heavy (non-hydrogen) atoms. The van der Waals surface area contributed by atoms with Gasteiger partial charge in [-0.1, -0.05) is 18.7 Å². The molecule has 1 N–H and O–H groups in total. The van der Waals surface area contributed by atoms with Crippen molar-refractivity contribution in [2.45, 2.75) is 11.8 Å². The molecule has 0 bridgehead atoms. The number of piperazine rings is 1. The number of hydrogen-bond acceptors (Lipinski definition) is 5. The van der Waals surface area contributed by atoms with Crippen molar-refractivity contribution in [3.8, 4) is 0 Å². The van der Waals surface area contributed by atoms with E-state index in [9.17, 15) is 18.0 Å². The molecule has 0 atom stereocenters. The van der Waals surface area contributed by atoms with Gasteiger partial charge in [-0.15, -0.1) is 0 Å². The molecule has 8 nitrogen and oxygen atoms in total. The number of carbonyl (C=O) groups excluding carboxylic acids is 2. The Balaban J connectivity index is 1.74. The molecule has 0 spiro atoms. The van der Waals surface area contributed by atoms with Gasteiger partial charge in [-0.2, -0.15) is 4.31 Å². The van der Waals surface area contributed by atoms with Crippen LogP contribution in [-0.4, -0.2) is 67.1 Å². The van der Waals surface area contributed by atoms with Gasteiger partial charge in [0.2, 0.25) is 21.8 Å². The molecule has 2 heterocycles. The Morgan fingerprint density at radius 1 is 1.18 bits per heavy atom. The molecule has 148 valence electrons. The maximum absolute atomic E-state index is 13.2. The fourth-order valence-corrected chi connectivity index (χ4v) is 4.84. The maximum atomic E-state index is 13.2. The monoisotopic (exact) mass is 402 g/mol. The van der Waals surface area contributed by atoms with Crippen molar-refractivity contribution in [2.24, 2.45) is 0 Å². The van der Waals surface area contributed by atoms with Crippen LogP contribution in [0.1, 0.15) is 5.69 Å². The van der Waals surface area contributed by atoms with Crippen LogP contribution < -0.4 is 5.32 Å². The second kappa shape index (κ2) is 8.07. The first-order valence-corrected chi connectivity index (χ1v) is 10.3. The number of pyridine rings is 1. The van der Waals surface area contributed by atoms with Crippen LogP contribution in [0.25, 0.3) is 10.8 Å². The van der Waals surface area contributed by atoms with E-state index in [1.807, 2.05) is 13.0 Å². The van der Waals surface area contributed by atoms with Crippen molar-refractivity contribution >= 4 is 32.6 Å². The summed E-state index contributed by atoms with van der Waals surface area (Å²) in [5.41, 5.74) is 0.770. The van der Waals surface area contributed by atoms with Crippen molar-refractivity contribution in [2.75, 3.05) is 32.7 Å². The summed E-state index contributed by atoms with van der Waals surface area (Å²) in [6.45, 7) is 5.98. The number of nitrogens with zero attached hydrogens (tertiary/aromatic N) is 3. The predicted molar refractivity (Wildman–Crippen MR) is 105 cm³/mol. The average Bonchev–Trinajstić information content (AvgIpc) is 2.71. The first-order chi connectivity index (χ1) is 13.3. The van der Waals surface area contributed by atoms with Gasteiger partial charge < -0.3 is 10.2 Å². The second-order valence-corrected chi connectivity index (χ2v) is 8.36. The summed E-state index contributed by atoms with van der Waals surface area (Å²) in [4.78, 5) is 29.3. The predicted octanol–water partition coefficient (Wildman–Crippen LogP) is 0.678. The molecule has 0 saturated carbocycles. The number of fused-ring (bicyclic) bond motifs is 1. The topological polar surface area (TPSA) is 99.7 Å². The minimum absolute atomic E-state index is 0.132. The van der Waals surface area contributed by atoms with E-state index in [4.69, 9.17) is 0 Å². The van der Waals surface area contributed by atoms with E-state index < -0.39 is 15.9 Å². The Bertz CT molecular complexity index is 1030. The largest absolute Gasteiger partial charge is 0.343 e. The van der Waals surface area contributed by atoms with E-state index in [-0.39, 0.29) is 43.5 Å². The van der Waals surface area contributed by atoms with Crippen LogP contribution in [0.4, 0.5) is 0 Å². The molecule has 2 amide bonds. The standard InChI is InChI=1S/C19H22N4O4S/c1-3-18(24)21-13-19(25)22-9-11-23(12-10-22)28(26,27)17-6-4-5-15-14(2)20-8-7-16(15)17/h3-8H,1,9-13H2,2H3,(H,21,24). The van der Waals surface area contributed by atoms with Crippen molar-refractivity contribution < 1.29 is 18.0 Å². The number of aromatic nitrogens is 1. The van der Waals surface area contributed by atoms with Crippen LogP contribution in [0.5, 0.6) is 0 Å². The fourth-order valence-electron chi connectivity index (χ4n) is 3.21. The van der Waals surface area contributed by atoms with E-state index >= 15 is 0 Å². The van der Waals surface area contributed by atoms with Crippen molar-refractivity contribution in [1.82, 2.24) is 19.5 Å². The Labute approximate surface area is 163 Å². The van der Waals surface area contributed by atoms with Gasteiger partial charge >= 0.3 is 0 Å². The summed E-state index contributed by atoms with van der Waals surface area (Å²) in [6, 6.07) is 6.87. The van der Waals surface area contributed by atoms with Crippen LogP contribution >= 0.6 is 0 Å². The number of aryl methyl sites for hydroxylation is 1. The molecule has 1 saturated heterocycles. The SMILES string of the molecule is C=CC(=O)NCC(=O)N1CCN(S(=O)(=O)c2cccc3c(C)nccc23)CC1. The highest BCUT2D eigenvalue weighted by Gasteiger charge is 2.31. The van der Waals surface area contributed by atoms with Crippen LogP contribution in [0.3, 0.4) is 0 Å². The molecule has 0 unspecified atom stereocenters. The van der Waals surface area contributed by atoms with E-state index in [0.717, 1.165) is 17.2 Å². The molecule has 1 aliphatic rings. The molecule has 1 fully saturated rings. The van der Waals surface area contributed by atoms with Gasteiger partial charge in [-0.25, -0.2) is 8.42 Å². The van der Waals surface area contributed by atoms with Gasteiger partial charge in [-0.05, 0) is 25.1 Å². The van der Waals surface area contributed by atoms with Crippen LogP contribution in [0, 0.1) is 6.92 Å². The molecular formula is C19H22N4O4S. The van der Waals surface area contributed by atoms with Crippen LogP contribution in [-0.2, 0) is 19.6 Å². The summed E-state index contributed by atoms with van der Waals surface area (Å²) in [5, 5.41) is 3.88. The number of sulfonamides is 1. The molecule has 3 rings (SSSR count). The molecule has 1 aromatic carbocycles. The number of nitrogens with one attached hydrogen (secondary N) is 1. The zero-order chi connectivity index (χ0) is 20.3. The van der Waals surface area contributed by atoms with Gasteiger partial charge in [0.1, 0.15) is 0 Å². The van der Waals surface area contributed by atoms with Gasteiger partial charge in [0.05, 0.1) is 11.4 Å².